The normalized spacial score (nSPS) is 10.2. The number of aromatic nitrogens is 1. The molecule has 0 spiro atoms. The third-order valence-electron chi connectivity index (χ3n) is 2.20. The van der Waals surface area contributed by atoms with Crippen LogP contribution in [-0.4, -0.2) is 11.1 Å². The first-order chi connectivity index (χ1) is 8.19. The minimum Gasteiger partial charge on any atom is -0.361 e. The van der Waals surface area contributed by atoms with E-state index in [0.717, 1.165) is 16.6 Å². The molecular formula is C12H11BrN2O2. The maximum absolute atomic E-state index is 11.8. The fraction of sp³-hybridized carbons (Fsp3) is 0.167. The predicted octanol–water partition coefficient (Wildman–Crippen LogP) is 3.13. The number of carbonyl (C=O) groups is 1. The highest BCUT2D eigenvalue weighted by Gasteiger charge is 2.10. The van der Waals surface area contributed by atoms with Gasteiger partial charge in [-0.1, -0.05) is 33.2 Å². The summed E-state index contributed by atoms with van der Waals surface area (Å²) in [4.78, 5) is 11.8. The number of hydrogen-bond acceptors (Lipinski definition) is 3. The summed E-state index contributed by atoms with van der Waals surface area (Å²) in [6.07, 6.45) is 0. The van der Waals surface area contributed by atoms with Crippen molar-refractivity contribution in [1.29, 1.82) is 0 Å². The number of nitrogens with zero attached hydrogens (tertiary/aromatic N) is 1. The van der Waals surface area contributed by atoms with E-state index in [2.05, 4.69) is 26.4 Å². The zero-order valence-electron chi connectivity index (χ0n) is 9.24. The van der Waals surface area contributed by atoms with Gasteiger partial charge in [0.15, 0.2) is 5.69 Å². The molecule has 0 saturated carbocycles. The van der Waals surface area contributed by atoms with E-state index in [1.54, 1.807) is 13.0 Å². The van der Waals surface area contributed by atoms with Gasteiger partial charge in [0.05, 0.1) is 0 Å². The minimum atomic E-state index is -0.270. The maximum atomic E-state index is 11.8. The molecule has 1 aromatic carbocycles. The molecule has 17 heavy (non-hydrogen) atoms. The van der Waals surface area contributed by atoms with Crippen molar-refractivity contribution >= 4 is 27.5 Å². The molecule has 0 atom stereocenters. The molecule has 1 N–H and O–H groups in total. The molecule has 88 valence electrons. The molecule has 0 aliphatic carbocycles. The maximum Gasteiger partial charge on any atom is 0.277 e. The van der Waals surface area contributed by atoms with Gasteiger partial charge in [0.2, 0.25) is 0 Å². The van der Waals surface area contributed by atoms with Crippen LogP contribution in [0.25, 0.3) is 0 Å². The van der Waals surface area contributed by atoms with Crippen LogP contribution in [0.5, 0.6) is 0 Å². The van der Waals surface area contributed by atoms with Crippen LogP contribution < -0.4 is 5.32 Å². The van der Waals surface area contributed by atoms with Crippen molar-refractivity contribution in [2.75, 3.05) is 5.32 Å². The highest BCUT2D eigenvalue weighted by atomic mass is 79.9. The van der Waals surface area contributed by atoms with Crippen molar-refractivity contribution in [3.63, 3.8) is 0 Å². The van der Waals surface area contributed by atoms with Gasteiger partial charge in [-0.15, -0.1) is 0 Å². The van der Waals surface area contributed by atoms with E-state index in [0.29, 0.717) is 5.76 Å². The molecular weight excluding hydrogens is 284 g/mol. The Morgan fingerprint density at radius 3 is 2.94 bits per heavy atom. The molecule has 0 bridgehead atoms. The van der Waals surface area contributed by atoms with E-state index in [1.807, 2.05) is 24.3 Å². The van der Waals surface area contributed by atoms with Crippen LogP contribution in [0.2, 0.25) is 0 Å². The second kappa shape index (κ2) is 5.14. The number of benzene rings is 1. The molecule has 0 aliphatic rings. The fourth-order valence-corrected chi connectivity index (χ4v) is 1.75. The SMILES string of the molecule is Cc1cc(C(=O)Nc2cccc(CBr)c2)no1. The van der Waals surface area contributed by atoms with E-state index in [9.17, 15) is 4.79 Å². The summed E-state index contributed by atoms with van der Waals surface area (Å²) in [5, 5.41) is 7.17. The first-order valence-electron chi connectivity index (χ1n) is 5.08. The van der Waals surface area contributed by atoms with Crippen molar-refractivity contribution in [3.05, 3.63) is 47.3 Å². The fourth-order valence-electron chi connectivity index (χ4n) is 1.40. The molecule has 0 unspecified atom stereocenters. The lowest BCUT2D eigenvalue weighted by molar-refractivity contribution is 0.101. The molecule has 1 amide bonds. The van der Waals surface area contributed by atoms with Crippen LogP contribution >= 0.6 is 15.9 Å². The average molecular weight is 295 g/mol. The Balaban J connectivity index is 2.12. The van der Waals surface area contributed by atoms with Gasteiger partial charge in [-0.25, -0.2) is 0 Å². The van der Waals surface area contributed by atoms with E-state index >= 15 is 0 Å². The summed E-state index contributed by atoms with van der Waals surface area (Å²) in [6, 6.07) is 9.20. The first-order valence-corrected chi connectivity index (χ1v) is 6.21. The lowest BCUT2D eigenvalue weighted by Gasteiger charge is -2.04. The molecule has 0 aliphatic heterocycles. The van der Waals surface area contributed by atoms with Crippen molar-refractivity contribution in [1.82, 2.24) is 5.16 Å². The quantitative estimate of drug-likeness (QED) is 0.885. The zero-order valence-corrected chi connectivity index (χ0v) is 10.8. The topological polar surface area (TPSA) is 55.1 Å². The predicted molar refractivity (Wildman–Crippen MR) is 68.3 cm³/mol. The Morgan fingerprint density at radius 1 is 1.47 bits per heavy atom. The Kier molecular flexibility index (Phi) is 3.58. The second-order valence-electron chi connectivity index (χ2n) is 3.61. The first kappa shape index (κ1) is 11.9. The smallest absolute Gasteiger partial charge is 0.277 e. The van der Waals surface area contributed by atoms with Crippen LogP contribution in [0.15, 0.2) is 34.9 Å². The third-order valence-corrected chi connectivity index (χ3v) is 2.85. The van der Waals surface area contributed by atoms with Crippen LogP contribution in [-0.2, 0) is 5.33 Å². The van der Waals surface area contributed by atoms with Gasteiger partial charge in [0.25, 0.3) is 5.91 Å². The summed E-state index contributed by atoms with van der Waals surface area (Å²) in [5.41, 5.74) is 2.12. The van der Waals surface area contributed by atoms with Gasteiger partial charge >= 0.3 is 0 Å². The van der Waals surface area contributed by atoms with Crippen molar-refractivity contribution in [3.8, 4) is 0 Å². The number of rotatable bonds is 3. The number of hydrogen-bond donors (Lipinski definition) is 1. The van der Waals surface area contributed by atoms with Gasteiger partial charge in [-0.05, 0) is 24.6 Å². The van der Waals surface area contributed by atoms with Gasteiger partial charge < -0.3 is 9.84 Å². The Labute approximate surface area is 107 Å². The lowest BCUT2D eigenvalue weighted by Crippen LogP contribution is -2.12. The van der Waals surface area contributed by atoms with Crippen LogP contribution in [0.3, 0.4) is 0 Å². The van der Waals surface area contributed by atoms with Gasteiger partial charge in [0.1, 0.15) is 5.76 Å². The third kappa shape index (κ3) is 2.94. The Morgan fingerprint density at radius 2 is 2.29 bits per heavy atom. The van der Waals surface area contributed by atoms with E-state index in [1.165, 1.54) is 0 Å². The molecule has 5 heteroatoms. The summed E-state index contributed by atoms with van der Waals surface area (Å²) in [7, 11) is 0. The number of halogens is 1. The summed E-state index contributed by atoms with van der Waals surface area (Å²) in [5.74, 6) is 0.345. The largest absolute Gasteiger partial charge is 0.361 e. The van der Waals surface area contributed by atoms with E-state index in [-0.39, 0.29) is 11.6 Å². The second-order valence-corrected chi connectivity index (χ2v) is 4.17. The Bertz CT molecular complexity index is 537. The number of aryl methyl sites for hydroxylation is 1. The van der Waals surface area contributed by atoms with Crippen molar-refractivity contribution < 1.29 is 9.32 Å². The van der Waals surface area contributed by atoms with Crippen LogP contribution in [0.4, 0.5) is 5.69 Å². The van der Waals surface area contributed by atoms with Crippen LogP contribution in [0, 0.1) is 6.92 Å². The molecule has 2 aromatic rings. The monoisotopic (exact) mass is 294 g/mol. The number of anilines is 1. The molecule has 4 nitrogen and oxygen atoms in total. The minimum absolute atomic E-state index is 0.270. The standard InChI is InChI=1S/C12H11BrN2O2/c1-8-5-11(15-17-8)12(16)14-10-4-2-3-9(6-10)7-13/h2-6H,7H2,1H3,(H,14,16). The number of amides is 1. The highest BCUT2D eigenvalue weighted by molar-refractivity contribution is 9.08. The highest BCUT2D eigenvalue weighted by Crippen LogP contribution is 2.14. The molecule has 0 saturated heterocycles. The van der Waals surface area contributed by atoms with Gasteiger partial charge in [0, 0.05) is 17.1 Å². The zero-order chi connectivity index (χ0) is 12.3. The number of carbonyl (C=O) groups excluding carboxylic acids is 1. The lowest BCUT2D eigenvalue weighted by atomic mass is 10.2. The van der Waals surface area contributed by atoms with Crippen molar-refractivity contribution in [2.45, 2.75) is 12.3 Å². The molecule has 1 heterocycles. The van der Waals surface area contributed by atoms with E-state index < -0.39 is 0 Å². The average Bonchev–Trinajstić information content (AvgIpc) is 2.76. The van der Waals surface area contributed by atoms with Crippen molar-refractivity contribution in [2.24, 2.45) is 0 Å². The molecule has 0 fully saturated rings. The summed E-state index contributed by atoms with van der Waals surface area (Å²) < 4.78 is 4.85. The summed E-state index contributed by atoms with van der Waals surface area (Å²) in [6.45, 7) is 1.75. The van der Waals surface area contributed by atoms with Gasteiger partial charge in [-0.2, -0.15) is 0 Å². The molecule has 0 radical (unpaired) electrons. The van der Waals surface area contributed by atoms with Crippen LogP contribution in [0.1, 0.15) is 21.8 Å². The Hall–Kier alpha value is -1.62. The van der Waals surface area contributed by atoms with E-state index in [4.69, 9.17) is 4.52 Å². The van der Waals surface area contributed by atoms with Gasteiger partial charge in [-0.3, -0.25) is 4.79 Å². The molecule has 1 aromatic heterocycles. The summed E-state index contributed by atoms with van der Waals surface area (Å²) >= 11 is 3.37. The number of nitrogens with one attached hydrogen (secondary N) is 1. The number of alkyl halides is 1. The molecule has 2 rings (SSSR count).